The normalized spacial score (nSPS) is 10.8. The molecule has 3 rings (SSSR count). The molecule has 2 heterocycles. The predicted molar refractivity (Wildman–Crippen MR) is 86.7 cm³/mol. The Labute approximate surface area is 136 Å². The van der Waals surface area contributed by atoms with Crippen molar-refractivity contribution in [3.05, 3.63) is 57.0 Å². The molecule has 0 aliphatic carbocycles. The lowest BCUT2D eigenvalue weighted by Crippen LogP contribution is -1.98. The summed E-state index contributed by atoms with van der Waals surface area (Å²) in [5.74, 6) is 0.636. The fourth-order valence-electron chi connectivity index (χ4n) is 2.09. The summed E-state index contributed by atoms with van der Waals surface area (Å²) >= 11 is 17.3. The number of nitrogens with one attached hydrogen (secondary N) is 1. The summed E-state index contributed by atoms with van der Waals surface area (Å²) in [5, 5.41) is 7.69. The lowest BCUT2D eigenvalue weighted by molar-refractivity contribution is 1.03. The van der Waals surface area contributed by atoms with E-state index in [9.17, 15) is 0 Å². The molecule has 0 fully saturated rings. The molecule has 1 aromatic carbocycles. The van der Waals surface area contributed by atoms with Gasteiger partial charge in [0.05, 0.1) is 5.69 Å². The van der Waals surface area contributed by atoms with Gasteiger partial charge in [-0.3, -0.25) is 9.67 Å². The number of benzene rings is 1. The minimum absolute atomic E-state index is 0.308. The zero-order chi connectivity index (χ0) is 15.0. The second-order valence-corrected chi connectivity index (χ2v) is 5.69. The van der Waals surface area contributed by atoms with Gasteiger partial charge in [0.15, 0.2) is 10.6 Å². The Hall–Kier alpha value is -1.69. The molecule has 0 unspecified atom stereocenters. The molecular formula is C14H10Cl2N4S. The second kappa shape index (κ2) is 5.60. The number of aryl methyl sites for hydroxylation is 1. The average molecular weight is 337 g/mol. The lowest BCUT2D eigenvalue weighted by atomic mass is 10.2. The number of aromatic nitrogens is 4. The Morgan fingerprint density at radius 2 is 1.86 bits per heavy atom. The molecule has 3 aromatic rings. The first kappa shape index (κ1) is 14.3. The number of rotatable bonds is 2. The second-order valence-electron chi connectivity index (χ2n) is 4.53. The molecule has 0 amide bonds. The lowest BCUT2D eigenvalue weighted by Gasteiger charge is -2.08. The van der Waals surface area contributed by atoms with Crippen LogP contribution < -0.4 is 0 Å². The molecular weight excluding hydrogens is 327 g/mol. The third kappa shape index (κ3) is 2.85. The van der Waals surface area contributed by atoms with Crippen LogP contribution in [-0.2, 0) is 0 Å². The van der Waals surface area contributed by atoms with Gasteiger partial charge in [-0.05, 0) is 49.0 Å². The average Bonchev–Trinajstić information content (AvgIpc) is 2.79. The van der Waals surface area contributed by atoms with Gasteiger partial charge in [0, 0.05) is 5.56 Å². The molecule has 4 nitrogen and oxygen atoms in total. The van der Waals surface area contributed by atoms with E-state index in [0.29, 0.717) is 20.9 Å². The Bertz CT molecular complexity index is 849. The van der Waals surface area contributed by atoms with Gasteiger partial charge in [-0.1, -0.05) is 35.3 Å². The quantitative estimate of drug-likeness (QED) is 0.549. The van der Waals surface area contributed by atoms with E-state index in [4.69, 9.17) is 35.4 Å². The number of halogens is 2. The van der Waals surface area contributed by atoms with E-state index < -0.39 is 0 Å². The van der Waals surface area contributed by atoms with Crippen molar-refractivity contribution in [2.45, 2.75) is 6.92 Å². The number of hydrogen-bond acceptors (Lipinski definition) is 3. The summed E-state index contributed by atoms with van der Waals surface area (Å²) in [5.41, 5.74) is 2.80. The number of aromatic amines is 1. The van der Waals surface area contributed by atoms with Crippen molar-refractivity contribution in [3.63, 3.8) is 0 Å². The largest absolute Gasteiger partial charge is 0.268 e. The van der Waals surface area contributed by atoms with Gasteiger partial charge >= 0.3 is 0 Å². The third-order valence-electron chi connectivity index (χ3n) is 2.95. The van der Waals surface area contributed by atoms with E-state index in [1.807, 2.05) is 35.8 Å². The van der Waals surface area contributed by atoms with Crippen LogP contribution in [0.5, 0.6) is 0 Å². The highest BCUT2D eigenvalue weighted by atomic mass is 35.5. The smallest absolute Gasteiger partial charge is 0.200 e. The zero-order valence-electron chi connectivity index (χ0n) is 11.0. The van der Waals surface area contributed by atoms with E-state index in [0.717, 1.165) is 16.8 Å². The van der Waals surface area contributed by atoms with Crippen molar-refractivity contribution in [2.24, 2.45) is 0 Å². The van der Waals surface area contributed by atoms with Crippen LogP contribution in [0.25, 0.3) is 17.1 Å². The number of pyridine rings is 1. The van der Waals surface area contributed by atoms with E-state index in [1.165, 1.54) is 0 Å². The maximum absolute atomic E-state index is 5.96. The monoisotopic (exact) mass is 336 g/mol. The topological polar surface area (TPSA) is 46.5 Å². The number of nitrogens with zero attached hydrogens (tertiary/aromatic N) is 3. The van der Waals surface area contributed by atoms with Crippen molar-refractivity contribution in [1.82, 2.24) is 19.7 Å². The first-order valence-corrected chi connectivity index (χ1v) is 7.29. The Kier molecular flexibility index (Phi) is 3.80. The predicted octanol–water partition coefficient (Wildman–Crippen LogP) is 4.61. The molecule has 0 aliphatic rings. The first-order valence-electron chi connectivity index (χ1n) is 6.12. The highest BCUT2D eigenvalue weighted by Gasteiger charge is 2.12. The van der Waals surface area contributed by atoms with E-state index in [1.54, 1.807) is 12.1 Å². The van der Waals surface area contributed by atoms with Crippen LogP contribution in [-0.4, -0.2) is 19.7 Å². The van der Waals surface area contributed by atoms with E-state index in [2.05, 4.69) is 15.2 Å². The van der Waals surface area contributed by atoms with Crippen molar-refractivity contribution < 1.29 is 0 Å². The van der Waals surface area contributed by atoms with Crippen LogP contribution in [0, 0.1) is 11.7 Å². The Balaban J connectivity index is 2.24. The van der Waals surface area contributed by atoms with Crippen LogP contribution in [0.2, 0.25) is 10.3 Å². The highest BCUT2D eigenvalue weighted by Crippen LogP contribution is 2.26. The third-order valence-corrected chi connectivity index (χ3v) is 3.61. The van der Waals surface area contributed by atoms with Crippen LogP contribution in [0.3, 0.4) is 0 Å². The van der Waals surface area contributed by atoms with Gasteiger partial charge in [-0.2, -0.15) is 5.10 Å². The van der Waals surface area contributed by atoms with Crippen molar-refractivity contribution in [3.8, 4) is 17.1 Å². The minimum Gasteiger partial charge on any atom is -0.268 e. The molecule has 7 heteroatoms. The fourth-order valence-corrected chi connectivity index (χ4v) is 2.79. The van der Waals surface area contributed by atoms with Crippen molar-refractivity contribution in [2.75, 3.05) is 0 Å². The van der Waals surface area contributed by atoms with Crippen LogP contribution in [0.4, 0.5) is 0 Å². The van der Waals surface area contributed by atoms with E-state index >= 15 is 0 Å². The summed E-state index contributed by atoms with van der Waals surface area (Å²) in [4.78, 5) is 3.94. The molecule has 1 N–H and O–H groups in total. The van der Waals surface area contributed by atoms with Gasteiger partial charge in [0.1, 0.15) is 10.3 Å². The Morgan fingerprint density at radius 3 is 2.52 bits per heavy atom. The Morgan fingerprint density at radius 1 is 1.14 bits per heavy atom. The minimum atomic E-state index is 0.308. The van der Waals surface area contributed by atoms with Gasteiger partial charge in [0.2, 0.25) is 0 Å². The van der Waals surface area contributed by atoms with Gasteiger partial charge in [0.25, 0.3) is 0 Å². The maximum atomic E-state index is 5.96. The van der Waals surface area contributed by atoms with Crippen LogP contribution in [0.15, 0.2) is 36.4 Å². The van der Waals surface area contributed by atoms with Gasteiger partial charge < -0.3 is 0 Å². The molecule has 0 radical (unpaired) electrons. The summed E-state index contributed by atoms with van der Waals surface area (Å²) < 4.78 is 2.34. The molecule has 0 aliphatic heterocycles. The molecule has 0 atom stereocenters. The molecule has 2 aromatic heterocycles. The molecule has 106 valence electrons. The van der Waals surface area contributed by atoms with Gasteiger partial charge in [-0.25, -0.2) is 4.98 Å². The first-order chi connectivity index (χ1) is 10.0. The summed E-state index contributed by atoms with van der Waals surface area (Å²) in [6.07, 6.45) is 0. The van der Waals surface area contributed by atoms with Crippen molar-refractivity contribution >= 4 is 35.4 Å². The van der Waals surface area contributed by atoms with Crippen LogP contribution in [0.1, 0.15) is 5.56 Å². The molecule has 0 saturated carbocycles. The maximum Gasteiger partial charge on any atom is 0.200 e. The molecule has 21 heavy (non-hydrogen) atoms. The number of hydrogen-bond donors (Lipinski definition) is 1. The molecule has 0 bridgehead atoms. The fraction of sp³-hybridized carbons (Fsp3) is 0.0714. The summed E-state index contributed by atoms with van der Waals surface area (Å²) in [6.45, 7) is 2.02. The van der Waals surface area contributed by atoms with Crippen molar-refractivity contribution in [1.29, 1.82) is 0 Å². The van der Waals surface area contributed by atoms with Crippen LogP contribution >= 0.6 is 35.4 Å². The van der Waals surface area contributed by atoms with E-state index in [-0.39, 0.29) is 0 Å². The zero-order valence-corrected chi connectivity index (χ0v) is 13.3. The molecule has 0 spiro atoms. The number of H-pyrrole nitrogens is 1. The standard InChI is InChI=1S/C14H10Cl2N4S/c1-8-3-2-4-10(5-8)20-13(18-19-14(20)21)9-6-11(15)17-12(16)7-9/h2-7H,1H3,(H,19,21). The highest BCUT2D eigenvalue weighted by molar-refractivity contribution is 7.71. The summed E-state index contributed by atoms with van der Waals surface area (Å²) in [6, 6.07) is 11.4. The molecule has 0 saturated heterocycles. The SMILES string of the molecule is Cc1cccc(-n2c(-c3cc(Cl)nc(Cl)c3)n[nH]c2=S)c1. The summed E-state index contributed by atoms with van der Waals surface area (Å²) in [7, 11) is 0. The van der Waals surface area contributed by atoms with Gasteiger partial charge in [-0.15, -0.1) is 0 Å².